The van der Waals surface area contributed by atoms with Gasteiger partial charge < -0.3 is 18.9 Å². The summed E-state index contributed by atoms with van der Waals surface area (Å²) in [7, 11) is 4.40. The molecule has 0 bridgehead atoms. The molecule has 0 N–H and O–H groups in total. The van der Waals surface area contributed by atoms with Crippen molar-refractivity contribution in [2.24, 2.45) is 5.41 Å². The van der Waals surface area contributed by atoms with E-state index < -0.39 is 5.41 Å². The van der Waals surface area contributed by atoms with Crippen LogP contribution in [0.2, 0.25) is 0 Å². The molecule has 0 saturated heterocycles. The standard InChI is InChI=1S/C29H35O5P/c1-20-17-26(27(35)18-25(20)32-16-15-31-3)34-23-11-13-29(2,14-12-23)28(30)33-19-22-9-6-8-21-7-4-5-10-24(21)22/h4-10,17-18,23H,11-16,19,35H2,1-3H3/t23-,29+. The quantitative estimate of drug-likeness (QED) is 0.216. The SMILES string of the molecule is COCCOc1cc(P)c(O[C@H]2CC[C@@](C)(C(=O)OCc3cccc4ccccc34)CC2)cc1C. The molecule has 1 unspecified atom stereocenters. The Morgan fingerprint density at radius 1 is 1.03 bits per heavy atom. The molecule has 186 valence electrons. The molecule has 0 aromatic heterocycles. The number of fused-ring (bicyclic) bond motifs is 1. The van der Waals surface area contributed by atoms with E-state index in [0.717, 1.165) is 64.4 Å². The lowest BCUT2D eigenvalue weighted by atomic mass is 9.74. The van der Waals surface area contributed by atoms with Gasteiger partial charge in [0.05, 0.1) is 18.1 Å². The van der Waals surface area contributed by atoms with Crippen molar-refractivity contribution in [3.05, 3.63) is 65.7 Å². The van der Waals surface area contributed by atoms with Gasteiger partial charge in [0.1, 0.15) is 24.7 Å². The van der Waals surface area contributed by atoms with Gasteiger partial charge in [0.2, 0.25) is 0 Å². The zero-order valence-electron chi connectivity index (χ0n) is 20.8. The summed E-state index contributed by atoms with van der Waals surface area (Å²) < 4.78 is 23.0. The highest BCUT2D eigenvalue weighted by atomic mass is 31.0. The Morgan fingerprint density at radius 3 is 2.54 bits per heavy atom. The number of methoxy groups -OCH3 is 1. The monoisotopic (exact) mass is 494 g/mol. The lowest BCUT2D eigenvalue weighted by molar-refractivity contribution is -0.159. The van der Waals surface area contributed by atoms with E-state index in [-0.39, 0.29) is 12.1 Å². The molecule has 0 spiro atoms. The third-order valence-corrected chi connectivity index (χ3v) is 7.36. The molecule has 0 amide bonds. The highest BCUT2D eigenvalue weighted by Crippen LogP contribution is 2.39. The van der Waals surface area contributed by atoms with Crippen molar-refractivity contribution >= 4 is 31.3 Å². The summed E-state index contributed by atoms with van der Waals surface area (Å²) in [4.78, 5) is 13.0. The van der Waals surface area contributed by atoms with Crippen molar-refractivity contribution in [1.82, 2.24) is 0 Å². The predicted octanol–water partition coefficient (Wildman–Crippen LogP) is 5.74. The number of carbonyl (C=O) groups excluding carboxylic acids is 1. The fraction of sp³-hybridized carbons (Fsp3) is 0.414. The number of ether oxygens (including phenoxy) is 4. The molecule has 35 heavy (non-hydrogen) atoms. The second kappa shape index (κ2) is 11.4. The fourth-order valence-corrected chi connectivity index (χ4v) is 4.94. The lowest BCUT2D eigenvalue weighted by Crippen LogP contribution is -2.37. The van der Waals surface area contributed by atoms with Crippen LogP contribution in [0.4, 0.5) is 0 Å². The first-order valence-corrected chi connectivity index (χ1v) is 12.8. The van der Waals surface area contributed by atoms with Crippen LogP contribution in [0.1, 0.15) is 43.7 Å². The summed E-state index contributed by atoms with van der Waals surface area (Å²) in [5.41, 5.74) is 1.58. The van der Waals surface area contributed by atoms with E-state index in [2.05, 4.69) is 27.4 Å². The van der Waals surface area contributed by atoms with Gasteiger partial charge in [-0.3, -0.25) is 4.79 Å². The molecule has 1 saturated carbocycles. The summed E-state index contributed by atoms with van der Waals surface area (Å²) in [6, 6.07) is 18.3. The molecular weight excluding hydrogens is 459 g/mol. The van der Waals surface area contributed by atoms with Crippen molar-refractivity contribution in [2.75, 3.05) is 20.3 Å². The molecule has 3 aromatic rings. The fourth-order valence-electron chi connectivity index (χ4n) is 4.64. The number of aryl methyl sites for hydroxylation is 1. The van der Waals surface area contributed by atoms with E-state index in [1.165, 1.54) is 0 Å². The Kier molecular flexibility index (Phi) is 8.30. The number of hydrogen-bond donors (Lipinski definition) is 0. The van der Waals surface area contributed by atoms with Crippen molar-refractivity contribution in [1.29, 1.82) is 0 Å². The molecule has 0 aliphatic heterocycles. The van der Waals surface area contributed by atoms with Crippen LogP contribution in [0.15, 0.2) is 54.6 Å². The van der Waals surface area contributed by atoms with Crippen molar-refractivity contribution in [2.45, 2.75) is 52.2 Å². The predicted molar refractivity (Wildman–Crippen MR) is 143 cm³/mol. The van der Waals surface area contributed by atoms with Gasteiger partial charge in [-0.2, -0.15) is 0 Å². The molecule has 0 heterocycles. The van der Waals surface area contributed by atoms with Gasteiger partial charge in [0, 0.05) is 12.4 Å². The minimum atomic E-state index is -0.483. The van der Waals surface area contributed by atoms with Gasteiger partial charge in [-0.05, 0) is 73.6 Å². The van der Waals surface area contributed by atoms with Crippen LogP contribution in [0.3, 0.4) is 0 Å². The largest absolute Gasteiger partial charge is 0.491 e. The summed E-state index contributed by atoms with van der Waals surface area (Å²) >= 11 is 0. The molecule has 5 nitrogen and oxygen atoms in total. The molecular formula is C29H35O5P. The number of hydrogen-bond acceptors (Lipinski definition) is 5. The van der Waals surface area contributed by atoms with Gasteiger partial charge in [-0.25, -0.2) is 0 Å². The highest BCUT2D eigenvalue weighted by molar-refractivity contribution is 7.27. The minimum absolute atomic E-state index is 0.0768. The average molecular weight is 495 g/mol. The molecule has 4 rings (SSSR count). The Balaban J connectivity index is 1.32. The number of esters is 1. The maximum absolute atomic E-state index is 13.0. The first kappa shape index (κ1) is 25.5. The van der Waals surface area contributed by atoms with Crippen LogP contribution in [0.5, 0.6) is 11.5 Å². The first-order valence-electron chi connectivity index (χ1n) is 12.2. The van der Waals surface area contributed by atoms with Gasteiger partial charge in [-0.1, -0.05) is 42.5 Å². The topological polar surface area (TPSA) is 54.0 Å². The van der Waals surface area contributed by atoms with Crippen LogP contribution in [0.25, 0.3) is 10.8 Å². The van der Waals surface area contributed by atoms with Crippen LogP contribution in [-0.2, 0) is 20.9 Å². The second-order valence-electron chi connectivity index (χ2n) is 9.59. The Labute approximate surface area is 210 Å². The molecule has 1 aliphatic rings. The molecule has 1 fully saturated rings. The van der Waals surface area contributed by atoms with E-state index in [1.807, 2.05) is 50.2 Å². The highest BCUT2D eigenvalue weighted by Gasteiger charge is 2.39. The zero-order valence-corrected chi connectivity index (χ0v) is 22.0. The Morgan fingerprint density at radius 2 is 1.77 bits per heavy atom. The maximum Gasteiger partial charge on any atom is 0.312 e. The van der Waals surface area contributed by atoms with Crippen LogP contribution in [0, 0.1) is 12.3 Å². The summed E-state index contributed by atoms with van der Waals surface area (Å²) in [5.74, 6) is 1.56. The average Bonchev–Trinajstić information content (AvgIpc) is 2.86. The maximum atomic E-state index is 13.0. The Bertz CT molecular complexity index is 1160. The van der Waals surface area contributed by atoms with Crippen molar-refractivity contribution < 1.29 is 23.7 Å². The molecule has 1 atom stereocenters. The second-order valence-corrected chi connectivity index (χ2v) is 10.2. The van der Waals surface area contributed by atoms with E-state index in [1.54, 1.807) is 7.11 Å². The van der Waals surface area contributed by atoms with Crippen molar-refractivity contribution in [3.63, 3.8) is 0 Å². The molecule has 3 aromatic carbocycles. The summed E-state index contributed by atoms with van der Waals surface area (Å²) in [5, 5.41) is 3.25. The first-order chi connectivity index (χ1) is 16.9. The summed E-state index contributed by atoms with van der Waals surface area (Å²) in [6.07, 6.45) is 3.20. The van der Waals surface area contributed by atoms with Gasteiger partial charge in [-0.15, -0.1) is 9.24 Å². The molecule has 1 aliphatic carbocycles. The smallest absolute Gasteiger partial charge is 0.312 e. The van der Waals surface area contributed by atoms with Gasteiger partial charge in [0.25, 0.3) is 0 Å². The third-order valence-electron chi connectivity index (χ3n) is 6.91. The van der Waals surface area contributed by atoms with E-state index in [0.29, 0.717) is 19.8 Å². The van der Waals surface area contributed by atoms with E-state index in [9.17, 15) is 4.79 Å². The molecule has 0 radical (unpaired) electrons. The number of benzene rings is 3. The van der Waals surface area contributed by atoms with Crippen LogP contribution < -0.4 is 14.8 Å². The Hall–Kier alpha value is -2.62. The number of carbonyl (C=O) groups is 1. The van der Waals surface area contributed by atoms with Gasteiger partial charge in [0.15, 0.2) is 0 Å². The zero-order chi connectivity index (χ0) is 24.8. The minimum Gasteiger partial charge on any atom is -0.491 e. The van der Waals surface area contributed by atoms with E-state index >= 15 is 0 Å². The van der Waals surface area contributed by atoms with Crippen LogP contribution >= 0.6 is 9.24 Å². The number of rotatable bonds is 9. The normalized spacial score (nSPS) is 19.9. The van der Waals surface area contributed by atoms with Gasteiger partial charge >= 0.3 is 5.97 Å². The van der Waals surface area contributed by atoms with E-state index in [4.69, 9.17) is 18.9 Å². The molecule has 6 heteroatoms. The third kappa shape index (κ3) is 6.15. The van der Waals surface area contributed by atoms with Crippen LogP contribution in [-0.4, -0.2) is 32.4 Å². The van der Waals surface area contributed by atoms with Crippen molar-refractivity contribution in [3.8, 4) is 11.5 Å². The lowest BCUT2D eigenvalue weighted by Gasteiger charge is -2.35. The summed E-state index contributed by atoms with van der Waals surface area (Å²) in [6.45, 7) is 5.40.